The molecule has 0 saturated carbocycles. The monoisotopic (exact) mass is 176 g/mol. The zero-order valence-electron chi connectivity index (χ0n) is 8.93. The van der Waals surface area contributed by atoms with Crippen molar-refractivity contribution in [2.45, 2.75) is 39.5 Å². The van der Waals surface area contributed by atoms with E-state index in [9.17, 15) is 4.79 Å². The molecule has 0 aliphatic carbocycles. The fourth-order valence-electron chi connectivity index (χ4n) is 1.09. The van der Waals surface area contributed by atoms with E-state index < -0.39 is 0 Å². The van der Waals surface area contributed by atoms with Crippen LogP contribution in [0.25, 0.3) is 0 Å². The third-order valence-electron chi connectivity index (χ3n) is 1.91. The molecule has 0 aliphatic rings. The molecule has 0 aromatic heterocycles. The van der Waals surface area contributed by atoms with Crippen LogP contribution in [0.15, 0.2) is 6.58 Å². The molecule has 0 aliphatic heterocycles. The number of ether oxygens (including phenoxy) is 1. The maximum Gasteiger partial charge on any atom is 1.00 e. The second kappa shape index (κ2) is 9.89. The second-order valence-corrected chi connectivity index (χ2v) is 2.81. The third-order valence-corrected chi connectivity index (χ3v) is 1.91. The molecular weight excluding hydrogens is 159 g/mol. The minimum atomic E-state index is -0.194. The Hall–Kier alpha value is -0.193. The van der Waals surface area contributed by atoms with Gasteiger partial charge in [-0.3, -0.25) is 0 Å². The van der Waals surface area contributed by atoms with E-state index in [-0.39, 0.29) is 30.7 Å². The zero-order chi connectivity index (χ0) is 9.40. The van der Waals surface area contributed by atoms with Crippen LogP contribution in [-0.2, 0) is 9.53 Å². The number of rotatable bonds is 6. The van der Waals surface area contributed by atoms with E-state index >= 15 is 0 Å². The predicted molar refractivity (Wildman–Crippen MR) is 48.3 cm³/mol. The molecule has 0 saturated heterocycles. The largest absolute Gasteiger partial charge is 1.00 e. The summed E-state index contributed by atoms with van der Waals surface area (Å²) in [6.07, 6.45) is 6.09. The van der Waals surface area contributed by atoms with Crippen molar-refractivity contribution in [2.75, 3.05) is 0 Å². The van der Waals surface area contributed by atoms with Gasteiger partial charge < -0.3 is 9.53 Å². The average Bonchev–Trinajstić information content (AvgIpc) is 2.06. The predicted octanol–water partition coefficient (Wildman–Crippen LogP) is -0.303. The van der Waals surface area contributed by atoms with Gasteiger partial charge in [0.1, 0.15) is 0 Å². The Kier molecular flexibility index (Phi) is 11.6. The van der Waals surface area contributed by atoms with Gasteiger partial charge in [-0.15, -0.1) is 0 Å². The van der Waals surface area contributed by atoms with Crippen molar-refractivity contribution in [1.82, 2.24) is 0 Å². The summed E-state index contributed by atoms with van der Waals surface area (Å²) in [4.78, 5) is 11.2. The summed E-state index contributed by atoms with van der Waals surface area (Å²) in [5.41, 5.74) is 0. The number of esters is 1. The Morgan fingerprint density at radius 1 is 1.54 bits per heavy atom. The Labute approximate surface area is 92.9 Å². The first kappa shape index (κ1) is 15.3. The number of hydrogen-bond acceptors (Lipinski definition) is 2. The molecule has 0 heterocycles. The molecule has 0 amide bonds. The van der Waals surface area contributed by atoms with Gasteiger partial charge in [0, 0.05) is 0 Å². The van der Waals surface area contributed by atoms with Gasteiger partial charge in [-0.2, -0.15) is 6.58 Å². The van der Waals surface area contributed by atoms with E-state index in [0.717, 1.165) is 25.7 Å². The summed E-state index contributed by atoms with van der Waals surface area (Å²) in [6, 6.07) is 0. The first-order chi connectivity index (χ1) is 5.76. The molecular formula is C10H17LiO2. The minimum Gasteiger partial charge on any atom is -0.618 e. The summed E-state index contributed by atoms with van der Waals surface area (Å²) in [5.74, 6) is -0.167. The third kappa shape index (κ3) is 6.92. The molecule has 3 heteroatoms. The van der Waals surface area contributed by atoms with E-state index in [4.69, 9.17) is 0 Å². The molecule has 0 rings (SSSR count). The maximum atomic E-state index is 11.2. The van der Waals surface area contributed by atoms with Gasteiger partial charge in [-0.05, 0) is 5.92 Å². The Morgan fingerprint density at radius 3 is 2.54 bits per heavy atom. The fourth-order valence-corrected chi connectivity index (χ4v) is 1.09. The van der Waals surface area contributed by atoms with E-state index in [1.54, 1.807) is 0 Å². The molecule has 0 spiro atoms. The van der Waals surface area contributed by atoms with Gasteiger partial charge in [0.05, 0.1) is 0 Å². The fraction of sp³-hybridized carbons (Fsp3) is 0.700. The zero-order valence-corrected chi connectivity index (χ0v) is 8.93. The molecule has 0 fully saturated rings. The number of carbonyl (C=O) groups is 1. The van der Waals surface area contributed by atoms with Gasteiger partial charge in [0.25, 0.3) is 0 Å². The molecule has 1 atom stereocenters. The van der Waals surface area contributed by atoms with Crippen LogP contribution in [0.3, 0.4) is 0 Å². The molecule has 2 nitrogen and oxygen atoms in total. The maximum absolute atomic E-state index is 11.2. The van der Waals surface area contributed by atoms with Crippen LogP contribution < -0.4 is 18.9 Å². The molecule has 0 N–H and O–H groups in total. The smallest absolute Gasteiger partial charge is 0.618 e. The van der Waals surface area contributed by atoms with Gasteiger partial charge in [0.2, 0.25) is 0 Å². The van der Waals surface area contributed by atoms with Crippen molar-refractivity contribution >= 4 is 5.97 Å². The van der Waals surface area contributed by atoms with Crippen molar-refractivity contribution in [3.63, 3.8) is 0 Å². The quantitative estimate of drug-likeness (QED) is 0.240. The summed E-state index contributed by atoms with van der Waals surface area (Å²) < 4.78 is 4.59. The Bertz CT molecular complexity index is 146. The SMILES string of the molecule is C=[C-]OC(=O)C(CC)CCCC.[Li+]. The van der Waals surface area contributed by atoms with Gasteiger partial charge >= 0.3 is 18.9 Å². The topological polar surface area (TPSA) is 26.3 Å². The van der Waals surface area contributed by atoms with E-state index in [1.807, 2.05) is 6.92 Å². The van der Waals surface area contributed by atoms with Crippen molar-refractivity contribution in [1.29, 1.82) is 0 Å². The summed E-state index contributed by atoms with van der Waals surface area (Å²) in [7, 11) is 0. The van der Waals surface area contributed by atoms with Crippen LogP contribution in [0.4, 0.5) is 0 Å². The van der Waals surface area contributed by atoms with Crippen molar-refractivity contribution in [2.24, 2.45) is 5.92 Å². The normalized spacial score (nSPS) is 11.2. The van der Waals surface area contributed by atoms with Gasteiger partial charge in [-0.1, -0.05) is 45.8 Å². The summed E-state index contributed by atoms with van der Waals surface area (Å²) >= 11 is 0. The minimum absolute atomic E-state index is 0. The Balaban J connectivity index is 0. The molecule has 0 radical (unpaired) electrons. The number of unbranched alkanes of at least 4 members (excludes halogenated alkanes) is 1. The first-order valence-corrected chi connectivity index (χ1v) is 4.49. The molecule has 0 aromatic carbocycles. The van der Waals surface area contributed by atoms with Crippen molar-refractivity contribution in [3.8, 4) is 0 Å². The van der Waals surface area contributed by atoms with Crippen LogP contribution in [0.1, 0.15) is 39.5 Å². The first-order valence-electron chi connectivity index (χ1n) is 4.49. The molecule has 13 heavy (non-hydrogen) atoms. The van der Waals surface area contributed by atoms with E-state index in [0.29, 0.717) is 0 Å². The molecule has 0 bridgehead atoms. The molecule has 0 aromatic rings. The molecule has 70 valence electrons. The Morgan fingerprint density at radius 2 is 2.15 bits per heavy atom. The second-order valence-electron chi connectivity index (χ2n) is 2.81. The summed E-state index contributed by atoms with van der Waals surface area (Å²) in [5, 5.41) is 0. The summed E-state index contributed by atoms with van der Waals surface area (Å²) in [6.45, 7) is 7.33. The van der Waals surface area contributed by atoms with Crippen LogP contribution in [0, 0.1) is 12.2 Å². The van der Waals surface area contributed by atoms with Crippen molar-refractivity contribution < 1.29 is 28.4 Å². The van der Waals surface area contributed by atoms with E-state index in [2.05, 4.69) is 24.5 Å². The van der Waals surface area contributed by atoms with E-state index in [1.165, 1.54) is 0 Å². The molecule has 1 unspecified atom stereocenters. The number of hydrogen-bond donors (Lipinski definition) is 0. The standard InChI is InChI=1S/C10H17O2.Li/c1-4-7-8-9(5-2)10(11)12-6-3;/h9H,3-5,7-8H2,1-2H3;/q-1;+1. The van der Waals surface area contributed by atoms with Crippen LogP contribution >= 0.6 is 0 Å². The van der Waals surface area contributed by atoms with Crippen LogP contribution in [0.5, 0.6) is 0 Å². The number of carbonyl (C=O) groups excluding carboxylic acids is 1. The van der Waals surface area contributed by atoms with Gasteiger partial charge in [0.15, 0.2) is 5.97 Å². The van der Waals surface area contributed by atoms with Crippen LogP contribution in [-0.4, -0.2) is 5.97 Å². The van der Waals surface area contributed by atoms with Crippen molar-refractivity contribution in [3.05, 3.63) is 12.8 Å². The van der Waals surface area contributed by atoms with Gasteiger partial charge in [-0.25, -0.2) is 0 Å². The average molecular weight is 176 g/mol. The van der Waals surface area contributed by atoms with Crippen LogP contribution in [0.2, 0.25) is 0 Å².